The minimum atomic E-state index is -4.50. The highest BCUT2D eigenvalue weighted by Crippen LogP contribution is 2.37. The van der Waals surface area contributed by atoms with E-state index in [4.69, 9.17) is 5.26 Å². The highest BCUT2D eigenvalue weighted by Gasteiger charge is 2.51. The molecule has 1 aromatic rings. The van der Waals surface area contributed by atoms with Crippen molar-refractivity contribution in [2.75, 3.05) is 5.32 Å². The molecular weight excluding hydrogens is 285 g/mol. The molecule has 1 aromatic carbocycles. The van der Waals surface area contributed by atoms with Gasteiger partial charge in [0.05, 0.1) is 11.6 Å². The number of nitriles is 1. The van der Waals surface area contributed by atoms with Gasteiger partial charge >= 0.3 is 6.18 Å². The number of azo groups is 1. The van der Waals surface area contributed by atoms with Gasteiger partial charge in [0.15, 0.2) is 11.6 Å². The Morgan fingerprint density at radius 3 is 2.52 bits per heavy atom. The van der Waals surface area contributed by atoms with Crippen LogP contribution in [0, 0.1) is 11.3 Å². The smallest absolute Gasteiger partial charge is 0.324 e. The number of nitrogens with one attached hydrogen (secondary N) is 1. The predicted molar refractivity (Wildman–Crippen MR) is 67.5 cm³/mol. The standard InChI is InChI=1S/C13H11F3N4O/c1-12(6-10(19-20-12)13(14,15)16)11(21)18-9-4-2-8(7-17)3-5-9/h2-5,10H,6H2,1H3,(H,18,21). The Morgan fingerprint density at radius 1 is 1.43 bits per heavy atom. The SMILES string of the molecule is CC1(C(=O)Nc2ccc(C#N)cc2)CC(C(F)(F)F)N=N1. The van der Waals surface area contributed by atoms with Crippen molar-refractivity contribution in [2.45, 2.75) is 31.1 Å². The van der Waals surface area contributed by atoms with Crippen LogP contribution in [0.25, 0.3) is 0 Å². The van der Waals surface area contributed by atoms with Gasteiger partial charge in [-0.3, -0.25) is 4.79 Å². The van der Waals surface area contributed by atoms with Crippen LogP contribution >= 0.6 is 0 Å². The first-order valence-electron chi connectivity index (χ1n) is 6.05. The van der Waals surface area contributed by atoms with Crippen LogP contribution in [0.3, 0.4) is 0 Å². The van der Waals surface area contributed by atoms with E-state index in [-0.39, 0.29) is 0 Å². The number of nitrogens with zero attached hydrogens (tertiary/aromatic N) is 3. The van der Waals surface area contributed by atoms with Gasteiger partial charge in [0.1, 0.15) is 0 Å². The molecular formula is C13H11F3N4O. The summed E-state index contributed by atoms with van der Waals surface area (Å²) in [6, 6.07) is 5.94. The fourth-order valence-corrected chi connectivity index (χ4v) is 1.87. The van der Waals surface area contributed by atoms with Gasteiger partial charge < -0.3 is 5.32 Å². The number of hydrogen-bond donors (Lipinski definition) is 1. The molecule has 8 heteroatoms. The van der Waals surface area contributed by atoms with E-state index < -0.39 is 30.1 Å². The average Bonchev–Trinajstić information content (AvgIpc) is 2.84. The van der Waals surface area contributed by atoms with Gasteiger partial charge in [0, 0.05) is 12.1 Å². The second kappa shape index (κ2) is 5.16. The van der Waals surface area contributed by atoms with Crippen LogP contribution in [0.15, 0.2) is 34.5 Å². The van der Waals surface area contributed by atoms with Crippen molar-refractivity contribution >= 4 is 11.6 Å². The molecule has 1 heterocycles. The van der Waals surface area contributed by atoms with Crippen molar-refractivity contribution in [1.82, 2.24) is 0 Å². The Hall–Kier alpha value is -2.43. The first-order chi connectivity index (χ1) is 9.74. The molecule has 0 saturated carbocycles. The molecule has 1 N–H and O–H groups in total. The maximum atomic E-state index is 12.6. The monoisotopic (exact) mass is 296 g/mol. The topological polar surface area (TPSA) is 77.6 Å². The summed E-state index contributed by atoms with van der Waals surface area (Å²) in [4.78, 5) is 12.1. The molecule has 2 unspecified atom stereocenters. The largest absolute Gasteiger partial charge is 0.412 e. The molecule has 5 nitrogen and oxygen atoms in total. The molecule has 1 amide bonds. The van der Waals surface area contributed by atoms with E-state index in [1.807, 2.05) is 6.07 Å². The quantitative estimate of drug-likeness (QED) is 0.910. The molecule has 0 radical (unpaired) electrons. The van der Waals surface area contributed by atoms with Gasteiger partial charge in [-0.2, -0.15) is 28.7 Å². The lowest BCUT2D eigenvalue weighted by Crippen LogP contribution is -2.40. The summed E-state index contributed by atoms with van der Waals surface area (Å²) in [6.07, 6.45) is -5.02. The number of halogens is 3. The van der Waals surface area contributed by atoms with E-state index in [1.54, 1.807) is 0 Å². The lowest BCUT2D eigenvalue weighted by molar-refractivity contribution is -0.148. The Balaban J connectivity index is 2.07. The Labute approximate surface area is 118 Å². The summed E-state index contributed by atoms with van der Waals surface area (Å²) in [5.41, 5.74) is -0.753. The molecule has 110 valence electrons. The van der Waals surface area contributed by atoms with Crippen LogP contribution < -0.4 is 5.32 Å². The maximum Gasteiger partial charge on any atom is 0.412 e. The van der Waals surface area contributed by atoms with Crippen molar-refractivity contribution in [3.05, 3.63) is 29.8 Å². The number of benzene rings is 1. The van der Waals surface area contributed by atoms with Crippen LogP contribution in [-0.2, 0) is 4.79 Å². The molecule has 0 aromatic heterocycles. The summed E-state index contributed by atoms with van der Waals surface area (Å²) >= 11 is 0. The predicted octanol–water partition coefficient (Wildman–Crippen LogP) is 3.04. The fraction of sp³-hybridized carbons (Fsp3) is 0.385. The lowest BCUT2D eigenvalue weighted by Gasteiger charge is -2.20. The number of hydrogen-bond acceptors (Lipinski definition) is 4. The fourth-order valence-electron chi connectivity index (χ4n) is 1.87. The molecule has 0 bridgehead atoms. The number of alkyl halides is 3. The van der Waals surface area contributed by atoms with Crippen LogP contribution in [0.1, 0.15) is 18.9 Å². The number of carbonyl (C=O) groups is 1. The zero-order chi connectivity index (χ0) is 15.7. The van der Waals surface area contributed by atoms with Crippen molar-refractivity contribution in [2.24, 2.45) is 10.2 Å². The highest BCUT2D eigenvalue weighted by atomic mass is 19.4. The Bertz CT molecular complexity index is 618. The minimum Gasteiger partial charge on any atom is -0.324 e. The van der Waals surface area contributed by atoms with E-state index in [9.17, 15) is 18.0 Å². The highest BCUT2D eigenvalue weighted by molar-refractivity contribution is 5.98. The lowest BCUT2D eigenvalue weighted by atomic mass is 9.94. The van der Waals surface area contributed by atoms with E-state index in [0.717, 1.165) is 0 Å². The first-order valence-corrected chi connectivity index (χ1v) is 6.05. The molecule has 0 fully saturated rings. The van der Waals surface area contributed by atoms with Crippen LogP contribution in [0.2, 0.25) is 0 Å². The first kappa shape index (κ1) is 15.0. The van der Waals surface area contributed by atoms with E-state index >= 15 is 0 Å². The minimum absolute atomic E-state index is 0.380. The third-order valence-electron chi connectivity index (χ3n) is 3.15. The van der Waals surface area contributed by atoms with Gasteiger partial charge in [-0.25, -0.2) is 0 Å². The molecule has 2 rings (SSSR count). The van der Waals surface area contributed by atoms with Gasteiger partial charge in [-0.05, 0) is 31.2 Å². The van der Waals surface area contributed by atoms with E-state index in [2.05, 4.69) is 15.5 Å². The molecule has 21 heavy (non-hydrogen) atoms. The van der Waals surface area contributed by atoms with Crippen molar-refractivity contribution in [1.29, 1.82) is 5.26 Å². The zero-order valence-electron chi connectivity index (χ0n) is 11.0. The van der Waals surface area contributed by atoms with E-state index in [1.165, 1.54) is 31.2 Å². The molecule has 1 aliphatic rings. The Morgan fingerprint density at radius 2 is 2.05 bits per heavy atom. The van der Waals surface area contributed by atoms with E-state index in [0.29, 0.717) is 11.3 Å². The summed E-state index contributed by atoms with van der Waals surface area (Å²) < 4.78 is 37.7. The van der Waals surface area contributed by atoms with Crippen molar-refractivity contribution in [3.8, 4) is 6.07 Å². The zero-order valence-corrected chi connectivity index (χ0v) is 11.0. The van der Waals surface area contributed by atoms with Gasteiger partial charge in [0.25, 0.3) is 5.91 Å². The van der Waals surface area contributed by atoms with Gasteiger partial charge in [-0.15, -0.1) is 0 Å². The normalized spacial score (nSPS) is 24.6. The number of anilines is 1. The van der Waals surface area contributed by atoms with Crippen LogP contribution in [-0.4, -0.2) is 23.7 Å². The molecule has 0 saturated heterocycles. The third-order valence-corrected chi connectivity index (χ3v) is 3.15. The van der Waals surface area contributed by atoms with Crippen molar-refractivity contribution < 1.29 is 18.0 Å². The van der Waals surface area contributed by atoms with Crippen molar-refractivity contribution in [3.63, 3.8) is 0 Å². The van der Waals surface area contributed by atoms with Gasteiger partial charge in [-0.1, -0.05) is 0 Å². The molecule has 0 aliphatic carbocycles. The summed E-state index contributed by atoms with van der Waals surface area (Å²) in [6.45, 7) is 1.31. The number of amides is 1. The Kier molecular flexibility index (Phi) is 3.68. The second-order valence-electron chi connectivity index (χ2n) is 4.89. The number of carbonyl (C=O) groups excluding carboxylic acids is 1. The molecule has 0 spiro atoms. The van der Waals surface area contributed by atoms with Gasteiger partial charge in [0.2, 0.25) is 0 Å². The summed E-state index contributed by atoms with van der Waals surface area (Å²) in [5.74, 6) is -0.664. The molecule has 1 aliphatic heterocycles. The molecule has 2 atom stereocenters. The second-order valence-corrected chi connectivity index (χ2v) is 4.89. The maximum absolute atomic E-state index is 12.6. The van der Waals surface area contributed by atoms with Crippen LogP contribution in [0.5, 0.6) is 0 Å². The average molecular weight is 296 g/mol. The third kappa shape index (κ3) is 3.18. The number of rotatable bonds is 2. The summed E-state index contributed by atoms with van der Waals surface area (Å²) in [7, 11) is 0. The summed E-state index contributed by atoms with van der Waals surface area (Å²) in [5, 5.41) is 17.8. The van der Waals surface area contributed by atoms with Crippen LogP contribution in [0.4, 0.5) is 18.9 Å².